The Morgan fingerprint density at radius 2 is 2.00 bits per heavy atom. The van der Waals surface area contributed by atoms with Gasteiger partial charge in [-0.3, -0.25) is 4.57 Å². The lowest BCUT2D eigenvalue weighted by Crippen LogP contribution is -2.24. The molecule has 2 N–H and O–H groups in total. The van der Waals surface area contributed by atoms with E-state index in [1.165, 1.54) is 0 Å². The van der Waals surface area contributed by atoms with Crippen LogP contribution < -0.4 is 10.6 Å². The maximum Gasteiger partial charge on any atom is 0.210 e. The van der Waals surface area contributed by atoms with Crippen molar-refractivity contribution in [3.8, 4) is 5.69 Å². The molecule has 18 heavy (non-hydrogen) atoms. The number of anilines is 1. The van der Waals surface area contributed by atoms with Gasteiger partial charge in [0.2, 0.25) is 5.95 Å². The van der Waals surface area contributed by atoms with Crippen LogP contribution in [0.2, 0.25) is 0 Å². The predicted molar refractivity (Wildman–Crippen MR) is 75.2 cm³/mol. The van der Waals surface area contributed by atoms with Crippen LogP contribution in [0.15, 0.2) is 36.5 Å². The number of hydrogen-bond donors (Lipinski definition) is 1. The van der Waals surface area contributed by atoms with Crippen molar-refractivity contribution in [3.63, 3.8) is 0 Å². The maximum atomic E-state index is 5.56. The molecule has 4 heteroatoms. The molecule has 1 aromatic heterocycles. The van der Waals surface area contributed by atoms with Gasteiger partial charge in [-0.15, -0.1) is 0 Å². The van der Waals surface area contributed by atoms with Gasteiger partial charge in [-0.2, -0.15) is 0 Å². The van der Waals surface area contributed by atoms with Crippen molar-refractivity contribution in [1.82, 2.24) is 9.55 Å². The third-order valence-electron chi connectivity index (χ3n) is 2.88. The number of rotatable bonds is 5. The normalized spacial score (nSPS) is 10.6. The van der Waals surface area contributed by atoms with Crippen molar-refractivity contribution in [2.24, 2.45) is 5.73 Å². The number of imidazole rings is 1. The van der Waals surface area contributed by atoms with Crippen LogP contribution in [-0.2, 0) is 0 Å². The molecular weight excluding hydrogens is 224 g/mol. The number of nitrogens with two attached hydrogens (primary N) is 1. The van der Waals surface area contributed by atoms with Crippen molar-refractivity contribution < 1.29 is 0 Å². The van der Waals surface area contributed by atoms with E-state index in [2.05, 4.69) is 39.8 Å². The SMILES string of the molecule is Cc1cn(-c2ccccc2)c(N(C)CCCN)n1. The van der Waals surface area contributed by atoms with Crippen LogP contribution in [0, 0.1) is 6.92 Å². The van der Waals surface area contributed by atoms with E-state index in [-0.39, 0.29) is 0 Å². The van der Waals surface area contributed by atoms with Gasteiger partial charge >= 0.3 is 0 Å². The Morgan fingerprint density at radius 3 is 2.67 bits per heavy atom. The Balaban J connectivity index is 2.31. The molecule has 0 radical (unpaired) electrons. The van der Waals surface area contributed by atoms with Gasteiger partial charge in [0.25, 0.3) is 0 Å². The predicted octanol–water partition coefficient (Wildman–Crippen LogP) is 1.97. The van der Waals surface area contributed by atoms with E-state index < -0.39 is 0 Å². The summed E-state index contributed by atoms with van der Waals surface area (Å²) in [7, 11) is 2.05. The second-order valence-corrected chi connectivity index (χ2v) is 4.45. The van der Waals surface area contributed by atoms with Gasteiger partial charge in [-0.05, 0) is 32.0 Å². The lowest BCUT2D eigenvalue weighted by Gasteiger charge is -2.19. The van der Waals surface area contributed by atoms with Crippen LogP contribution in [-0.4, -0.2) is 29.7 Å². The second kappa shape index (κ2) is 5.69. The van der Waals surface area contributed by atoms with Crippen LogP contribution in [0.3, 0.4) is 0 Å². The fourth-order valence-corrected chi connectivity index (χ4v) is 1.96. The molecule has 96 valence electrons. The molecule has 0 saturated carbocycles. The molecule has 0 amide bonds. The summed E-state index contributed by atoms with van der Waals surface area (Å²) in [6, 6.07) is 10.3. The lowest BCUT2D eigenvalue weighted by molar-refractivity contribution is 0.768. The smallest absolute Gasteiger partial charge is 0.210 e. The minimum Gasteiger partial charge on any atom is -0.345 e. The molecular formula is C14H20N4. The standard InChI is InChI=1S/C14H20N4/c1-12-11-18(13-7-4-3-5-8-13)14(16-12)17(2)10-6-9-15/h3-5,7-8,11H,6,9-10,15H2,1-2H3. The molecule has 0 bridgehead atoms. The van der Waals surface area contributed by atoms with Crippen molar-refractivity contribution >= 4 is 5.95 Å². The number of nitrogens with zero attached hydrogens (tertiary/aromatic N) is 3. The quantitative estimate of drug-likeness (QED) is 0.874. The summed E-state index contributed by atoms with van der Waals surface area (Å²) in [6.07, 6.45) is 3.03. The minimum absolute atomic E-state index is 0.704. The largest absolute Gasteiger partial charge is 0.345 e. The summed E-state index contributed by atoms with van der Waals surface area (Å²) in [5, 5.41) is 0. The van der Waals surface area contributed by atoms with Crippen LogP contribution >= 0.6 is 0 Å². The molecule has 2 rings (SSSR count). The highest BCUT2D eigenvalue weighted by Gasteiger charge is 2.11. The number of hydrogen-bond acceptors (Lipinski definition) is 3. The van der Waals surface area contributed by atoms with Crippen molar-refractivity contribution in [1.29, 1.82) is 0 Å². The molecule has 0 unspecified atom stereocenters. The molecule has 4 nitrogen and oxygen atoms in total. The molecule has 0 atom stereocenters. The summed E-state index contributed by atoms with van der Waals surface area (Å²) in [6.45, 7) is 3.63. The Morgan fingerprint density at radius 1 is 1.28 bits per heavy atom. The molecule has 2 aromatic rings. The first-order valence-electron chi connectivity index (χ1n) is 6.25. The summed E-state index contributed by atoms with van der Waals surface area (Å²) < 4.78 is 2.12. The zero-order chi connectivity index (χ0) is 13.0. The molecule has 1 heterocycles. The van der Waals surface area contributed by atoms with E-state index in [1.54, 1.807) is 0 Å². The average molecular weight is 244 g/mol. The Hall–Kier alpha value is -1.81. The van der Waals surface area contributed by atoms with Gasteiger partial charge in [-0.25, -0.2) is 4.98 Å². The maximum absolute atomic E-state index is 5.56. The first-order chi connectivity index (χ1) is 8.72. The topological polar surface area (TPSA) is 47.1 Å². The summed E-state index contributed by atoms with van der Waals surface area (Å²) in [4.78, 5) is 6.73. The minimum atomic E-state index is 0.704. The van der Waals surface area contributed by atoms with Crippen LogP contribution in [0.25, 0.3) is 5.69 Å². The summed E-state index contributed by atoms with van der Waals surface area (Å²) >= 11 is 0. The number of aryl methyl sites for hydroxylation is 1. The van der Waals surface area contributed by atoms with E-state index in [1.807, 2.05) is 25.1 Å². The average Bonchev–Trinajstić information content (AvgIpc) is 2.79. The summed E-state index contributed by atoms with van der Waals surface area (Å²) in [5.74, 6) is 0.965. The molecule has 1 aromatic carbocycles. The van der Waals surface area contributed by atoms with Gasteiger partial charge in [0, 0.05) is 25.5 Å². The van der Waals surface area contributed by atoms with Gasteiger partial charge in [0.15, 0.2) is 0 Å². The van der Waals surface area contributed by atoms with E-state index >= 15 is 0 Å². The fourth-order valence-electron chi connectivity index (χ4n) is 1.96. The monoisotopic (exact) mass is 244 g/mol. The van der Waals surface area contributed by atoms with E-state index in [9.17, 15) is 0 Å². The molecule has 0 fully saturated rings. The first kappa shape index (κ1) is 12.6. The number of para-hydroxylation sites is 1. The zero-order valence-corrected chi connectivity index (χ0v) is 11.0. The second-order valence-electron chi connectivity index (χ2n) is 4.45. The van der Waals surface area contributed by atoms with E-state index in [0.29, 0.717) is 6.54 Å². The van der Waals surface area contributed by atoms with Crippen molar-refractivity contribution in [2.45, 2.75) is 13.3 Å². The fraction of sp³-hybridized carbons (Fsp3) is 0.357. The first-order valence-corrected chi connectivity index (χ1v) is 6.25. The van der Waals surface area contributed by atoms with E-state index in [0.717, 1.165) is 30.3 Å². The molecule has 0 spiro atoms. The molecule has 0 aliphatic rings. The van der Waals surface area contributed by atoms with Crippen molar-refractivity contribution in [2.75, 3.05) is 25.0 Å². The van der Waals surface area contributed by atoms with Gasteiger partial charge in [0.1, 0.15) is 0 Å². The van der Waals surface area contributed by atoms with Crippen molar-refractivity contribution in [3.05, 3.63) is 42.2 Å². The summed E-state index contributed by atoms with van der Waals surface area (Å²) in [5.41, 5.74) is 7.71. The molecule has 0 aliphatic heterocycles. The number of benzene rings is 1. The van der Waals surface area contributed by atoms with E-state index in [4.69, 9.17) is 5.73 Å². The van der Waals surface area contributed by atoms with Crippen LogP contribution in [0.5, 0.6) is 0 Å². The molecule has 0 saturated heterocycles. The van der Waals surface area contributed by atoms with Gasteiger partial charge < -0.3 is 10.6 Å². The third-order valence-corrected chi connectivity index (χ3v) is 2.88. The highest BCUT2D eigenvalue weighted by Crippen LogP contribution is 2.19. The number of aromatic nitrogens is 2. The highest BCUT2D eigenvalue weighted by atomic mass is 15.3. The Bertz CT molecular complexity index is 490. The van der Waals surface area contributed by atoms with Gasteiger partial charge in [0.05, 0.1) is 5.69 Å². The zero-order valence-electron chi connectivity index (χ0n) is 11.0. The third kappa shape index (κ3) is 2.71. The van der Waals surface area contributed by atoms with Gasteiger partial charge in [-0.1, -0.05) is 18.2 Å². The molecule has 0 aliphatic carbocycles. The van der Waals surface area contributed by atoms with Crippen LogP contribution in [0.4, 0.5) is 5.95 Å². The Labute approximate surface area is 108 Å². The lowest BCUT2D eigenvalue weighted by atomic mass is 10.3. The Kier molecular flexibility index (Phi) is 3.99. The van der Waals surface area contributed by atoms with Crippen LogP contribution in [0.1, 0.15) is 12.1 Å². The highest BCUT2D eigenvalue weighted by molar-refractivity contribution is 5.44.